The van der Waals surface area contributed by atoms with Crippen molar-refractivity contribution >= 4 is 11.3 Å². The van der Waals surface area contributed by atoms with Crippen molar-refractivity contribution in [3.05, 3.63) is 22.4 Å². The van der Waals surface area contributed by atoms with E-state index in [1.165, 1.54) is 4.88 Å². The molecule has 0 amide bonds. The van der Waals surface area contributed by atoms with Gasteiger partial charge in [0.15, 0.2) is 0 Å². The summed E-state index contributed by atoms with van der Waals surface area (Å²) in [4.78, 5) is 3.69. The van der Waals surface area contributed by atoms with Crippen LogP contribution >= 0.6 is 11.3 Å². The number of aliphatic hydroxyl groups is 1. The number of likely N-dealkylation sites (tertiary alicyclic amines) is 1. The molecule has 1 aliphatic heterocycles. The minimum Gasteiger partial charge on any atom is -0.395 e. The summed E-state index contributed by atoms with van der Waals surface area (Å²) in [6, 6.07) is 4.76. The summed E-state index contributed by atoms with van der Waals surface area (Å²) in [6.07, 6.45) is 1.16. The Labute approximate surface area is 101 Å². The molecule has 3 N–H and O–H groups in total. The molecule has 3 atom stereocenters. The zero-order valence-electron chi connectivity index (χ0n) is 9.67. The monoisotopic (exact) mass is 240 g/mol. The highest BCUT2D eigenvalue weighted by Crippen LogP contribution is 2.33. The Morgan fingerprint density at radius 1 is 1.69 bits per heavy atom. The van der Waals surface area contributed by atoms with Crippen molar-refractivity contribution < 1.29 is 5.11 Å². The van der Waals surface area contributed by atoms with Gasteiger partial charge in [0.1, 0.15) is 0 Å². The highest BCUT2D eigenvalue weighted by molar-refractivity contribution is 7.10. The summed E-state index contributed by atoms with van der Waals surface area (Å²) >= 11 is 1.75. The number of nitrogens with two attached hydrogens (primary N) is 1. The van der Waals surface area contributed by atoms with Gasteiger partial charge in [0.25, 0.3) is 0 Å². The molecule has 0 radical (unpaired) electrons. The Balaban J connectivity index is 2.16. The molecular weight excluding hydrogens is 220 g/mol. The summed E-state index contributed by atoms with van der Waals surface area (Å²) in [5, 5.41) is 11.6. The largest absolute Gasteiger partial charge is 0.395 e. The van der Waals surface area contributed by atoms with Crippen molar-refractivity contribution in [2.75, 3.05) is 19.7 Å². The van der Waals surface area contributed by atoms with Gasteiger partial charge < -0.3 is 10.8 Å². The Bertz CT molecular complexity index is 315. The van der Waals surface area contributed by atoms with Crippen LogP contribution in [0.1, 0.15) is 24.3 Å². The van der Waals surface area contributed by atoms with E-state index in [2.05, 4.69) is 29.3 Å². The van der Waals surface area contributed by atoms with Crippen molar-refractivity contribution in [3.8, 4) is 0 Å². The van der Waals surface area contributed by atoms with E-state index in [4.69, 9.17) is 5.73 Å². The molecule has 1 aromatic rings. The first-order valence-electron chi connectivity index (χ1n) is 5.88. The van der Waals surface area contributed by atoms with Crippen molar-refractivity contribution in [3.63, 3.8) is 0 Å². The van der Waals surface area contributed by atoms with Gasteiger partial charge in [-0.15, -0.1) is 11.3 Å². The molecule has 0 aromatic carbocycles. The van der Waals surface area contributed by atoms with Crippen LogP contribution in [0.25, 0.3) is 0 Å². The quantitative estimate of drug-likeness (QED) is 0.837. The molecule has 0 spiro atoms. The standard InChI is InChI=1S/C12H20N2OS/c1-9-4-5-14(11(9)8-15)10(7-13)12-3-2-6-16-12/h2-3,6,9-11,15H,4-5,7-8,13H2,1H3. The molecule has 1 aliphatic rings. The highest BCUT2D eigenvalue weighted by Gasteiger charge is 2.35. The molecule has 4 heteroatoms. The van der Waals surface area contributed by atoms with Gasteiger partial charge >= 0.3 is 0 Å². The maximum Gasteiger partial charge on any atom is 0.0589 e. The summed E-state index contributed by atoms with van der Waals surface area (Å²) in [6.45, 7) is 4.13. The first-order valence-corrected chi connectivity index (χ1v) is 6.76. The van der Waals surface area contributed by atoms with Crippen LogP contribution in [-0.2, 0) is 0 Å². The van der Waals surface area contributed by atoms with Crippen LogP contribution in [0.4, 0.5) is 0 Å². The molecular formula is C12H20N2OS. The van der Waals surface area contributed by atoms with E-state index in [1.54, 1.807) is 11.3 Å². The van der Waals surface area contributed by atoms with Crippen molar-refractivity contribution in [1.82, 2.24) is 4.90 Å². The van der Waals surface area contributed by atoms with Crippen LogP contribution < -0.4 is 5.73 Å². The van der Waals surface area contributed by atoms with E-state index in [-0.39, 0.29) is 18.7 Å². The number of aliphatic hydroxyl groups excluding tert-OH is 1. The van der Waals surface area contributed by atoms with E-state index in [0.717, 1.165) is 13.0 Å². The predicted octanol–water partition coefficient (Wildman–Crippen LogP) is 1.45. The molecule has 3 unspecified atom stereocenters. The second kappa shape index (κ2) is 5.27. The fourth-order valence-corrected chi connectivity index (χ4v) is 3.47. The van der Waals surface area contributed by atoms with Crippen molar-refractivity contribution in [1.29, 1.82) is 0 Å². The molecule has 1 aromatic heterocycles. The summed E-state index contributed by atoms with van der Waals surface area (Å²) < 4.78 is 0. The second-order valence-electron chi connectivity index (χ2n) is 4.52. The molecule has 0 aliphatic carbocycles. The summed E-state index contributed by atoms with van der Waals surface area (Å²) in [7, 11) is 0. The second-order valence-corrected chi connectivity index (χ2v) is 5.50. The van der Waals surface area contributed by atoms with Crippen LogP contribution in [0.15, 0.2) is 17.5 Å². The molecule has 1 fully saturated rings. The molecule has 1 saturated heterocycles. The molecule has 0 saturated carbocycles. The summed E-state index contributed by atoms with van der Waals surface area (Å²) in [5.41, 5.74) is 5.89. The van der Waals surface area contributed by atoms with E-state index in [0.29, 0.717) is 12.5 Å². The van der Waals surface area contributed by atoms with Crippen LogP contribution in [0, 0.1) is 5.92 Å². The van der Waals surface area contributed by atoms with Gasteiger partial charge in [0.2, 0.25) is 0 Å². The maximum atomic E-state index is 9.47. The number of hydrogen-bond donors (Lipinski definition) is 2. The van der Waals surface area contributed by atoms with Crippen LogP contribution in [0.5, 0.6) is 0 Å². The lowest BCUT2D eigenvalue weighted by Gasteiger charge is -2.32. The first-order chi connectivity index (χ1) is 7.77. The Hall–Kier alpha value is -0.420. The lowest BCUT2D eigenvalue weighted by molar-refractivity contribution is 0.106. The van der Waals surface area contributed by atoms with E-state index < -0.39 is 0 Å². The normalized spacial score (nSPS) is 28.4. The smallest absolute Gasteiger partial charge is 0.0589 e. The summed E-state index contributed by atoms with van der Waals surface area (Å²) in [5.74, 6) is 0.569. The fraction of sp³-hybridized carbons (Fsp3) is 0.667. The van der Waals surface area contributed by atoms with Gasteiger partial charge in [-0.3, -0.25) is 4.90 Å². The van der Waals surface area contributed by atoms with Crippen LogP contribution in [0.3, 0.4) is 0 Å². The minimum atomic E-state index is 0.239. The third kappa shape index (κ3) is 2.15. The highest BCUT2D eigenvalue weighted by atomic mass is 32.1. The fourth-order valence-electron chi connectivity index (χ4n) is 2.61. The average Bonchev–Trinajstić information content (AvgIpc) is 2.90. The molecule has 2 rings (SSSR count). The van der Waals surface area contributed by atoms with Gasteiger partial charge in [-0.1, -0.05) is 13.0 Å². The van der Waals surface area contributed by atoms with Gasteiger partial charge in [0.05, 0.1) is 12.6 Å². The van der Waals surface area contributed by atoms with Crippen LogP contribution in [0.2, 0.25) is 0 Å². The third-order valence-corrected chi connectivity index (χ3v) is 4.58. The average molecular weight is 240 g/mol. The molecule has 90 valence electrons. The number of nitrogens with zero attached hydrogens (tertiary/aromatic N) is 1. The lowest BCUT2D eigenvalue weighted by Crippen LogP contribution is -2.40. The Morgan fingerprint density at radius 3 is 3.06 bits per heavy atom. The minimum absolute atomic E-state index is 0.239. The first kappa shape index (κ1) is 12.0. The van der Waals surface area contributed by atoms with Crippen molar-refractivity contribution in [2.45, 2.75) is 25.4 Å². The number of rotatable bonds is 4. The van der Waals surface area contributed by atoms with Gasteiger partial charge in [-0.2, -0.15) is 0 Å². The molecule has 2 heterocycles. The molecule has 16 heavy (non-hydrogen) atoms. The predicted molar refractivity (Wildman–Crippen MR) is 67.5 cm³/mol. The number of thiophene rings is 1. The van der Waals surface area contributed by atoms with E-state index >= 15 is 0 Å². The lowest BCUT2D eigenvalue weighted by atomic mass is 10.0. The number of hydrogen-bond acceptors (Lipinski definition) is 4. The SMILES string of the molecule is CC1CCN(C(CN)c2cccs2)C1CO. The topological polar surface area (TPSA) is 49.5 Å². The van der Waals surface area contributed by atoms with Crippen molar-refractivity contribution in [2.24, 2.45) is 11.7 Å². The maximum absolute atomic E-state index is 9.47. The zero-order chi connectivity index (χ0) is 11.5. The Kier molecular flexibility index (Phi) is 3.97. The van der Waals surface area contributed by atoms with Gasteiger partial charge in [-0.25, -0.2) is 0 Å². The molecule has 3 nitrogen and oxygen atoms in total. The molecule has 0 bridgehead atoms. The van der Waals surface area contributed by atoms with Gasteiger partial charge in [-0.05, 0) is 30.3 Å². The third-order valence-electron chi connectivity index (χ3n) is 3.61. The van der Waals surface area contributed by atoms with E-state index in [1.807, 2.05) is 0 Å². The Morgan fingerprint density at radius 2 is 2.50 bits per heavy atom. The van der Waals surface area contributed by atoms with Crippen LogP contribution in [-0.4, -0.2) is 35.7 Å². The van der Waals surface area contributed by atoms with Gasteiger partial charge in [0, 0.05) is 17.5 Å². The zero-order valence-corrected chi connectivity index (χ0v) is 10.5. The van der Waals surface area contributed by atoms with E-state index in [9.17, 15) is 5.11 Å².